The highest BCUT2D eigenvalue weighted by Gasteiger charge is 2.30. The summed E-state index contributed by atoms with van der Waals surface area (Å²) in [5.41, 5.74) is 0. The summed E-state index contributed by atoms with van der Waals surface area (Å²) in [5.74, 6) is -0.517. The predicted molar refractivity (Wildman–Crippen MR) is 383 cm³/mol. The van der Waals surface area contributed by atoms with E-state index in [9.17, 15) is 19.0 Å². The number of nitrogens with one attached hydrogen (secondary N) is 1. The van der Waals surface area contributed by atoms with Crippen LogP contribution in [-0.4, -0.2) is 74.3 Å². The van der Waals surface area contributed by atoms with Gasteiger partial charge in [-0.05, 0) is 122 Å². The van der Waals surface area contributed by atoms with Crippen LogP contribution >= 0.6 is 7.82 Å². The second-order valence-electron chi connectivity index (χ2n) is 25.8. The average molecular weight is 1250 g/mol. The van der Waals surface area contributed by atoms with Gasteiger partial charge in [0.25, 0.3) is 0 Å². The lowest BCUT2D eigenvalue weighted by Gasteiger charge is -2.27. The minimum atomic E-state index is -4.47. The normalized spacial score (nSPS) is 14.1. The first-order valence-corrected chi connectivity index (χ1v) is 38.2. The van der Waals surface area contributed by atoms with E-state index in [1.165, 1.54) is 167 Å². The Balaban J connectivity index is 5.08. The van der Waals surface area contributed by atoms with Crippen LogP contribution in [0, 0.1) is 0 Å². The first-order chi connectivity index (χ1) is 42.9. The third kappa shape index (κ3) is 67.1. The second-order valence-corrected chi connectivity index (χ2v) is 27.2. The van der Waals surface area contributed by atoms with Crippen LogP contribution in [-0.2, 0) is 27.9 Å². The summed E-state index contributed by atoms with van der Waals surface area (Å²) in [6.45, 7) is 6.96. The maximum Gasteiger partial charge on any atom is 0.472 e. The van der Waals surface area contributed by atoms with Gasteiger partial charge in [-0.25, -0.2) is 4.57 Å². The van der Waals surface area contributed by atoms with Gasteiger partial charge in [-0.3, -0.25) is 18.6 Å². The molecule has 0 aliphatic rings. The van der Waals surface area contributed by atoms with Crippen LogP contribution in [0.15, 0.2) is 109 Å². The number of hydrogen-bond donors (Lipinski definition) is 2. The summed E-state index contributed by atoms with van der Waals surface area (Å²) >= 11 is 0. The van der Waals surface area contributed by atoms with Crippen LogP contribution in [0.2, 0.25) is 0 Å². The molecule has 0 rings (SSSR count). The fourth-order valence-electron chi connectivity index (χ4n) is 10.3. The number of nitrogens with zero attached hydrogens (tertiary/aromatic N) is 1. The van der Waals surface area contributed by atoms with Gasteiger partial charge in [0.15, 0.2) is 0 Å². The number of phosphoric ester groups is 1. The topological polar surface area (TPSA) is 111 Å². The maximum atomic E-state index is 13.6. The third-order valence-electron chi connectivity index (χ3n) is 15.9. The molecule has 0 bridgehead atoms. The van der Waals surface area contributed by atoms with Crippen molar-refractivity contribution in [3.05, 3.63) is 109 Å². The number of phosphoric acid groups is 1. The van der Waals surface area contributed by atoms with E-state index >= 15 is 0 Å². The highest BCUT2D eigenvalue weighted by atomic mass is 31.2. The number of ether oxygens (including phenoxy) is 1. The minimum Gasteiger partial charge on any atom is -0.456 e. The summed E-state index contributed by atoms with van der Waals surface area (Å²) < 4.78 is 30.9. The smallest absolute Gasteiger partial charge is 0.456 e. The molecule has 508 valence electrons. The van der Waals surface area contributed by atoms with Gasteiger partial charge in [-0.2, -0.15) is 0 Å². The van der Waals surface area contributed by atoms with Crippen molar-refractivity contribution in [2.45, 2.75) is 335 Å². The minimum absolute atomic E-state index is 0.0333. The number of allylic oxidation sites excluding steroid dienone is 17. The molecule has 10 heteroatoms. The molecular formula is C78H140N2O7P+. The lowest BCUT2D eigenvalue weighted by atomic mass is 10.0. The van der Waals surface area contributed by atoms with E-state index < -0.39 is 20.0 Å². The van der Waals surface area contributed by atoms with Gasteiger partial charge in [0.2, 0.25) is 5.91 Å². The van der Waals surface area contributed by atoms with Crippen LogP contribution in [0.25, 0.3) is 0 Å². The van der Waals surface area contributed by atoms with Crippen LogP contribution in [0.1, 0.15) is 323 Å². The average Bonchev–Trinajstić information content (AvgIpc) is 3.71. The van der Waals surface area contributed by atoms with Gasteiger partial charge < -0.3 is 19.4 Å². The summed E-state index contributed by atoms with van der Waals surface area (Å²) in [6.07, 6.45) is 92.4. The van der Waals surface area contributed by atoms with Crippen molar-refractivity contribution in [2.75, 3.05) is 40.9 Å². The highest BCUT2D eigenvalue weighted by Crippen LogP contribution is 2.43. The molecule has 0 aromatic heterocycles. The van der Waals surface area contributed by atoms with Crippen LogP contribution in [0.4, 0.5) is 0 Å². The molecule has 2 N–H and O–H groups in total. The van der Waals surface area contributed by atoms with Crippen molar-refractivity contribution in [1.29, 1.82) is 0 Å². The molecule has 0 fully saturated rings. The van der Waals surface area contributed by atoms with E-state index in [0.29, 0.717) is 17.4 Å². The van der Waals surface area contributed by atoms with Gasteiger partial charge in [0, 0.05) is 12.8 Å². The van der Waals surface area contributed by atoms with Gasteiger partial charge in [-0.1, -0.05) is 297 Å². The van der Waals surface area contributed by atoms with Crippen molar-refractivity contribution in [2.24, 2.45) is 0 Å². The molecule has 0 saturated carbocycles. The van der Waals surface area contributed by atoms with Gasteiger partial charge in [-0.15, -0.1) is 0 Å². The van der Waals surface area contributed by atoms with E-state index in [2.05, 4.69) is 123 Å². The molecule has 0 saturated heterocycles. The Morgan fingerprint density at radius 1 is 0.398 bits per heavy atom. The fraction of sp³-hybridized carbons (Fsp3) is 0.744. The zero-order valence-corrected chi connectivity index (χ0v) is 59.1. The Labute approximate surface area is 544 Å². The number of esters is 1. The fourth-order valence-corrected chi connectivity index (χ4v) is 11.0. The number of likely N-dealkylation sites (N-methyl/N-ethyl adjacent to an activating group) is 1. The van der Waals surface area contributed by atoms with Crippen LogP contribution in [0.5, 0.6) is 0 Å². The monoisotopic (exact) mass is 1250 g/mol. The molecule has 3 unspecified atom stereocenters. The lowest BCUT2D eigenvalue weighted by Crippen LogP contribution is -2.47. The van der Waals surface area contributed by atoms with Crippen molar-refractivity contribution in [3.8, 4) is 0 Å². The van der Waals surface area contributed by atoms with Crippen LogP contribution in [0.3, 0.4) is 0 Å². The van der Waals surface area contributed by atoms with Crippen molar-refractivity contribution >= 4 is 19.7 Å². The standard InChI is InChI=1S/C78H139N2O7P/c1-7-10-13-16-19-22-25-28-30-32-34-36-38-40-42-44-46-48-50-52-55-58-61-64-67-70-77(81)79-75(74-86-88(83,84)85-73-72-80(4,5)6)76(69-66-63-60-57-54-27-24-21-18-15-12-9-3)87-78(82)71-68-65-62-59-56-53-51-49-47-45-43-41-39-37-35-33-31-29-26-23-20-17-14-11-8-2/h19-20,22-23,28-31,34-37,40-43,66,69,75-76H,7-18,21,24-27,32-33,38-39,44-65,67-68,70-74H2,1-6H3,(H-,79,81,83,84)/p+1/b22-19-,23-20-,30-28-,31-29-,36-34-,37-35-,42-40-,43-41-,69-66+. The Morgan fingerprint density at radius 3 is 1.06 bits per heavy atom. The second kappa shape index (κ2) is 66.6. The molecule has 0 spiro atoms. The number of carbonyl (C=O) groups is 2. The summed E-state index contributed by atoms with van der Waals surface area (Å²) in [5, 5.41) is 3.07. The van der Waals surface area contributed by atoms with E-state index in [4.69, 9.17) is 13.8 Å². The van der Waals surface area contributed by atoms with E-state index in [0.717, 1.165) is 122 Å². The number of carbonyl (C=O) groups excluding carboxylic acids is 2. The number of rotatable bonds is 66. The highest BCUT2D eigenvalue weighted by molar-refractivity contribution is 7.47. The summed E-state index contributed by atoms with van der Waals surface area (Å²) in [6, 6.07) is -0.862. The zero-order chi connectivity index (χ0) is 64.2. The van der Waals surface area contributed by atoms with Crippen molar-refractivity contribution in [3.63, 3.8) is 0 Å². The number of hydrogen-bond acceptors (Lipinski definition) is 6. The lowest BCUT2D eigenvalue weighted by molar-refractivity contribution is -0.870. The molecule has 0 aliphatic heterocycles. The molecule has 9 nitrogen and oxygen atoms in total. The van der Waals surface area contributed by atoms with Crippen molar-refractivity contribution in [1.82, 2.24) is 5.32 Å². The van der Waals surface area contributed by atoms with Crippen LogP contribution < -0.4 is 5.32 Å². The molecule has 0 aromatic carbocycles. The Morgan fingerprint density at radius 2 is 0.693 bits per heavy atom. The van der Waals surface area contributed by atoms with E-state index in [-0.39, 0.29) is 31.5 Å². The predicted octanol–water partition coefficient (Wildman–Crippen LogP) is 23.6. The molecule has 0 radical (unpaired) electrons. The van der Waals surface area contributed by atoms with E-state index in [1.807, 2.05) is 33.3 Å². The molecular weight excluding hydrogens is 1110 g/mol. The largest absolute Gasteiger partial charge is 0.472 e. The third-order valence-corrected chi connectivity index (χ3v) is 16.9. The molecule has 3 atom stereocenters. The number of quaternary nitrogens is 1. The first kappa shape index (κ1) is 84.7. The Kier molecular flexibility index (Phi) is 64.1. The Hall–Kier alpha value is -3.33. The zero-order valence-electron chi connectivity index (χ0n) is 58.2. The van der Waals surface area contributed by atoms with E-state index in [1.54, 1.807) is 0 Å². The molecule has 1 amide bonds. The first-order valence-electron chi connectivity index (χ1n) is 36.7. The molecule has 0 aliphatic carbocycles. The Bertz CT molecular complexity index is 1870. The molecule has 0 aromatic rings. The number of amides is 1. The molecule has 88 heavy (non-hydrogen) atoms. The summed E-state index contributed by atoms with van der Waals surface area (Å²) in [4.78, 5) is 38.0. The van der Waals surface area contributed by atoms with Gasteiger partial charge >= 0.3 is 13.8 Å². The quantitative estimate of drug-likeness (QED) is 0.0205. The van der Waals surface area contributed by atoms with Gasteiger partial charge in [0.1, 0.15) is 19.3 Å². The molecule has 0 heterocycles. The van der Waals surface area contributed by atoms with Gasteiger partial charge in [0.05, 0.1) is 33.8 Å². The maximum absolute atomic E-state index is 13.6. The SMILES string of the molecule is CCCCC/C=C\C/C=C\C/C=C\C/C=C\CCCCCCCCCCCC(=O)NC(COP(=O)(O)OCC[N+](C)(C)C)C(/C=C/CCCCCCCCCCCC)OC(=O)CCCCCCCCCCC/C=C\C/C=C\C/C=C\C/C=C\CCCCC. The summed E-state index contributed by atoms with van der Waals surface area (Å²) in [7, 11) is 1.48. The van der Waals surface area contributed by atoms with Crippen molar-refractivity contribution < 1.29 is 37.3 Å². The number of unbranched alkanes of at least 4 members (excludes halogenated alkanes) is 34.